The SMILES string of the molecule is COc1cc2c(cc1CSc1nc3cc(F)ccc3n1CC(=O)O)C(=O)CCC2. The van der Waals surface area contributed by atoms with Crippen LogP contribution in [0.4, 0.5) is 4.39 Å². The summed E-state index contributed by atoms with van der Waals surface area (Å²) in [5.74, 6) is -0.169. The normalized spacial score (nSPS) is 13.5. The number of hydrogen-bond donors (Lipinski definition) is 1. The third kappa shape index (κ3) is 3.85. The molecule has 1 heterocycles. The number of aliphatic carboxylic acids is 1. The van der Waals surface area contributed by atoms with E-state index < -0.39 is 11.8 Å². The van der Waals surface area contributed by atoms with Crippen molar-refractivity contribution >= 4 is 34.5 Å². The Balaban J connectivity index is 1.68. The second kappa shape index (κ2) is 7.87. The van der Waals surface area contributed by atoms with Crippen LogP contribution in [-0.2, 0) is 23.5 Å². The number of rotatable bonds is 6. The number of aromatic nitrogens is 2. The molecule has 4 rings (SSSR count). The van der Waals surface area contributed by atoms with Crippen molar-refractivity contribution < 1.29 is 23.8 Å². The fourth-order valence-corrected chi connectivity index (χ4v) is 4.62. The quantitative estimate of drug-likeness (QED) is 0.612. The fraction of sp³-hybridized carbons (Fsp3) is 0.286. The van der Waals surface area contributed by atoms with E-state index in [9.17, 15) is 19.1 Å². The summed E-state index contributed by atoms with van der Waals surface area (Å²) in [6.45, 7) is -0.274. The van der Waals surface area contributed by atoms with Crippen molar-refractivity contribution in [3.8, 4) is 5.75 Å². The lowest BCUT2D eigenvalue weighted by Gasteiger charge is -2.18. The smallest absolute Gasteiger partial charge is 0.323 e. The summed E-state index contributed by atoms with van der Waals surface area (Å²) < 4.78 is 20.6. The summed E-state index contributed by atoms with van der Waals surface area (Å²) in [4.78, 5) is 28.0. The zero-order valence-corrected chi connectivity index (χ0v) is 16.6. The molecule has 2 aromatic carbocycles. The van der Waals surface area contributed by atoms with E-state index in [0.717, 1.165) is 29.5 Å². The Morgan fingerprint density at radius 2 is 2.14 bits per heavy atom. The number of carbonyl (C=O) groups is 2. The van der Waals surface area contributed by atoms with Crippen molar-refractivity contribution in [2.45, 2.75) is 36.7 Å². The molecule has 0 atom stereocenters. The van der Waals surface area contributed by atoms with Gasteiger partial charge < -0.3 is 14.4 Å². The Morgan fingerprint density at radius 1 is 1.31 bits per heavy atom. The van der Waals surface area contributed by atoms with E-state index in [1.807, 2.05) is 12.1 Å². The molecule has 0 bridgehead atoms. The van der Waals surface area contributed by atoms with Crippen molar-refractivity contribution in [1.82, 2.24) is 9.55 Å². The molecule has 1 aliphatic rings. The van der Waals surface area contributed by atoms with Crippen LogP contribution in [0, 0.1) is 5.82 Å². The van der Waals surface area contributed by atoms with E-state index in [0.29, 0.717) is 34.1 Å². The zero-order chi connectivity index (χ0) is 20.5. The van der Waals surface area contributed by atoms with Gasteiger partial charge in [-0.2, -0.15) is 0 Å². The third-order valence-corrected chi connectivity index (χ3v) is 6.01. The molecule has 150 valence electrons. The number of aryl methyl sites for hydroxylation is 1. The number of benzene rings is 2. The van der Waals surface area contributed by atoms with Crippen molar-refractivity contribution in [1.29, 1.82) is 0 Å². The van der Waals surface area contributed by atoms with Gasteiger partial charge in [0.05, 0.1) is 18.1 Å². The van der Waals surface area contributed by atoms with Crippen LogP contribution in [0.3, 0.4) is 0 Å². The van der Waals surface area contributed by atoms with Crippen LogP contribution in [0.1, 0.15) is 34.3 Å². The van der Waals surface area contributed by atoms with Crippen molar-refractivity contribution in [2.75, 3.05) is 7.11 Å². The van der Waals surface area contributed by atoms with Gasteiger partial charge in [0.25, 0.3) is 0 Å². The average Bonchev–Trinajstić information content (AvgIpc) is 3.02. The van der Waals surface area contributed by atoms with Gasteiger partial charge in [0.2, 0.25) is 0 Å². The first-order valence-corrected chi connectivity index (χ1v) is 10.2. The number of halogens is 1. The number of carboxylic acid groups (broad SMARTS) is 1. The molecular weight excluding hydrogens is 395 g/mol. The van der Waals surface area contributed by atoms with E-state index in [1.54, 1.807) is 11.7 Å². The summed E-state index contributed by atoms with van der Waals surface area (Å²) >= 11 is 1.33. The number of carbonyl (C=O) groups excluding carboxylic acids is 1. The summed E-state index contributed by atoms with van der Waals surface area (Å²) in [6.07, 6.45) is 2.25. The summed E-state index contributed by atoms with van der Waals surface area (Å²) in [5.41, 5.74) is 3.53. The van der Waals surface area contributed by atoms with Crippen LogP contribution < -0.4 is 4.74 Å². The van der Waals surface area contributed by atoms with Crippen LogP contribution in [0.2, 0.25) is 0 Å². The van der Waals surface area contributed by atoms with E-state index in [-0.39, 0.29) is 12.3 Å². The van der Waals surface area contributed by atoms with E-state index in [4.69, 9.17) is 4.74 Å². The number of carboxylic acids is 1. The van der Waals surface area contributed by atoms with E-state index in [2.05, 4.69) is 4.98 Å². The van der Waals surface area contributed by atoms with Crippen molar-refractivity contribution in [3.63, 3.8) is 0 Å². The summed E-state index contributed by atoms with van der Waals surface area (Å²) in [5, 5.41) is 9.73. The monoisotopic (exact) mass is 414 g/mol. The van der Waals surface area contributed by atoms with Gasteiger partial charge in [-0.25, -0.2) is 9.37 Å². The fourth-order valence-electron chi connectivity index (χ4n) is 3.63. The van der Waals surface area contributed by atoms with Crippen LogP contribution in [-0.4, -0.2) is 33.5 Å². The van der Waals surface area contributed by atoms with Crippen LogP contribution >= 0.6 is 11.8 Å². The van der Waals surface area contributed by atoms with Gasteiger partial charge in [-0.1, -0.05) is 11.8 Å². The second-order valence-corrected chi connectivity index (χ2v) is 7.84. The Labute approximate surface area is 170 Å². The largest absolute Gasteiger partial charge is 0.496 e. The molecule has 29 heavy (non-hydrogen) atoms. The predicted octanol–water partition coefficient (Wildman–Crippen LogP) is 4.08. The molecule has 1 N–H and O–H groups in total. The Kier molecular flexibility index (Phi) is 5.27. The number of hydrogen-bond acceptors (Lipinski definition) is 5. The number of methoxy groups -OCH3 is 1. The minimum atomic E-state index is -1.01. The number of thioether (sulfide) groups is 1. The minimum absolute atomic E-state index is 0.133. The number of fused-ring (bicyclic) bond motifs is 2. The molecule has 1 aliphatic carbocycles. The minimum Gasteiger partial charge on any atom is -0.496 e. The highest BCUT2D eigenvalue weighted by Gasteiger charge is 2.21. The van der Waals surface area contributed by atoms with Gasteiger partial charge >= 0.3 is 5.97 Å². The molecule has 0 radical (unpaired) electrons. The Bertz CT molecular complexity index is 1130. The van der Waals surface area contributed by atoms with Gasteiger partial charge in [-0.3, -0.25) is 9.59 Å². The van der Waals surface area contributed by atoms with Crippen LogP contribution in [0.15, 0.2) is 35.5 Å². The number of nitrogens with zero attached hydrogens (tertiary/aromatic N) is 2. The molecule has 6 nitrogen and oxygen atoms in total. The van der Waals surface area contributed by atoms with Gasteiger partial charge in [-0.15, -0.1) is 0 Å². The van der Waals surface area contributed by atoms with E-state index >= 15 is 0 Å². The molecule has 1 aromatic heterocycles. The molecule has 0 amide bonds. The summed E-state index contributed by atoms with van der Waals surface area (Å²) in [6, 6.07) is 7.89. The topological polar surface area (TPSA) is 81.4 Å². The molecular formula is C21H19FN2O4S. The molecule has 0 saturated heterocycles. The third-order valence-electron chi connectivity index (χ3n) is 4.98. The first-order chi connectivity index (χ1) is 14.0. The summed E-state index contributed by atoms with van der Waals surface area (Å²) in [7, 11) is 1.59. The molecule has 0 fully saturated rings. The molecule has 0 spiro atoms. The number of Topliss-reactive ketones (excluding diaryl/α,β-unsaturated/α-hetero) is 1. The number of ether oxygens (including phenoxy) is 1. The lowest BCUT2D eigenvalue weighted by Crippen LogP contribution is -2.12. The molecule has 0 saturated carbocycles. The van der Waals surface area contributed by atoms with Gasteiger partial charge in [0.15, 0.2) is 10.9 Å². The standard InChI is InChI=1S/C21H19FN2O4S/c1-28-19-8-12-3-2-4-18(25)15(12)7-13(19)11-29-21-23-16-9-14(22)5-6-17(16)24(21)10-20(26)27/h5-9H,2-4,10-11H2,1H3,(H,26,27). The Morgan fingerprint density at radius 3 is 2.90 bits per heavy atom. The average molecular weight is 414 g/mol. The first-order valence-electron chi connectivity index (χ1n) is 9.19. The molecule has 0 aliphatic heterocycles. The molecule has 0 unspecified atom stereocenters. The lowest BCUT2D eigenvalue weighted by atomic mass is 9.89. The van der Waals surface area contributed by atoms with Crippen molar-refractivity contribution in [2.24, 2.45) is 0 Å². The highest BCUT2D eigenvalue weighted by molar-refractivity contribution is 7.98. The number of imidazole rings is 1. The van der Waals surface area contributed by atoms with Crippen LogP contribution in [0.25, 0.3) is 11.0 Å². The van der Waals surface area contributed by atoms with E-state index in [1.165, 1.54) is 30.0 Å². The first kappa shape index (κ1) is 19.4. The van der Waals surface area contributed by atoms with Crippen molar-refractivity contribution in [3.05, 3.63) is 52.8 Å². The lowest BCUT2D eigenvalue weighted by molar-refractivity contribution is -0.137. The van der Waals surface area contributed by atoms with Gasteiger partial charge in [-0.05, 0) is 42.7 Å². The zero-order valence-electron chi connectivity index (χ0n) is 15.8. The maximum absolute atomic E-state index is 13.6. The maximum Gasteiger partial charge on any atom is 0.323 e. The van der Waals surface area contributed by atoms with Gasteiger partial charge in [0.1, 0.15) is 18.1 Å². The molecule has 3 aromatic rings. The number of ketones is 1. The Hall–Kier alpha value is -2.87. The highest BCUT2D eigenvalue weighted by atomic mass is 32.2. The maximum atomic E-state index is 13.6. The predicted molar refractivity (Wildman–Crippen MR) is 107 cm³/mol. The second-order valence-electron chi connectivity index (χ2n) is 6.89. The van der Waals surface area contributed by atoms with Gasteiger partial charge in [0, 0.05) is 29.4 Å². The highest BCUT2D eigenvalue weighted by Crippen LogP contribution is 2.34. The van der Waals surface area contributed by atoms with Crippen LogP contribution in [0.5, 0.6) is 5.75 Å². The molecule has 8 heteroatoms.